The third-order valence-corrected chi connectivity index (χ3v) is 10.4. The summed E-state index contributed by atoms with van der Waals surface area (Å²) in [6, 6.07) is 12.3. The first-order valence-electron chi connectivity index (χ1n) is 13.6. The van der Waals surface area contributed by atoms with E-state index in [2.05, 4.69) is 31.6 Å². The molecule has 0 saturated carbocycles. The van der Waals surface area contributed by atoms with E-state index in [1.165, 1.54) is 37.6 Å². The maximum absolute atomic E-state index is 13.6. The quantitative estimate of drug-likeness (QED) is 0.246. The molecule has 2 aromatic heterocycles. The molecule has 0 radical (unpaired) electrons. The van der Waals surface area contributed by atoms with Crippen molar-refractivity contribution in [2.24, 2.45) is 5.92 Å². The number of aromatic nitrogens is 2. The second-order valence-electron chi connectivity index (χ2n) is 10.4. The van der Waals surface area contributed by atoms with Crippen molar-refractivity contribution < 1.29 is 39.3 Å². The predicted molar refractivity (Wildman–Crippen MR) is 159 cm³/mol. The first-order chi connectivity index (χ1) is 20.8. The standard InChI is InChI=1S/C29H29F3N4O6S2/c1-41-27-18-23(44(39,40)35-28-9-13-42-34-28)7-8-25(27)33-12-3-5-22-17-24-21(16-20-10-14-43(37,38)15-11-20)4-2-6-26(24)36(22)19-29(30,31)32/h2,4,6-9,13,17-18,20,33H,10-12,14-16,19H2,1H3,(H,34,35). The number of hydrogen-bond donors (Lipinski definition) is 2. The monoisotopic (exact) mass is 650 g/mol. The van der Waals surface area contributed by atoms with Crippen molar-refractivity contribution in [2.45, 2.75) is 36.9 Å². The highest BCUT2D eigenvalue weighted by Crippen LogP contribution is 2.32. The summed E-state index contributed by atoms with van der Waals surface area (Å²) in [7, 11) is -5.63. The van der Waals surface area contributed by atoms with E-state index in [0.29, 0.717) is 35.9 Å². The maximum atomic E-state index is 13.6. The van der Waals surface area contributed by atoms with Gasteiger partial charge in [0.25, 0.3) is 10.0 Å². The van der Waals surface area contributed by atoms with Gasteiger partial charge in [0.15, 0.2) is 5.82 Å². The van der Waals surface area contributed by atoms with Crippen LogP contribution in [0.2, 0.25) is 0 Å². The number of sulfone groups is 1. The van der Waals surface area contributed by atoms with E-state index >= 15 is 0 Å². The molecule has 1 fully saturated rings. The van der Waals surface area contributed by atoms with Gasteiger partial charge < -0.3 is 19.1 Å². The molecule has 0 aliphatic carbocycles. The van der Waals surface area contributed by atoms with Crippen molar-refractivity contribution in [2.75, 3.05) is 35.2 Å². The van der Waals surface area contributed by atoms with Gasteiger partial charge in [-0.15, -0.1) is 0 Å². The fraction of sp³-hybridized carbons (Fsp3) is 0.345. The molecule has 15 heteroatoms. The number of methoxy groups -OCH3 is 1. The molecule has 0 unspecified atom stereocenters. The molecular weight excluding hydrogens is 621 g/mol. The zero-order valence-electron chi connectivity index (χ0n) is 23.5. The lowest BCUT2D eigenvalue weighted by molar-refractivity contribution is -0.140. The van der Waals surface area contributed by atoms with Gasteiger partial charge in [-0.2, -0.15) is 13.2 Å². The SMILES string of the molecule is COc1cc(S(=O)(=O)Nc2ccon2)ccc1NCC#Cc1cc2c(CC3CCS(=O)(=O)CC3)cccc2n1CC(F)(F)F. The Labute approximate surface area is 252 Å². The first kappa shape index (κ1) is 31.3. The molecule has 1 saturated heterocycles. The van der Waals surface area contributed by atoms with Crippen LogP contribution < -0.4 is 14.8 Å². The van der Waals surface area contributed by atoms with E-state index < -0.39 is 32.6 Å². The Balaban J connectivity index is 1.36. The predicted octanol–water partition coefficient (Wildman–Crippen LogP) is 4.83. The van der Waals surface area contributed by atoms with Crippen molar-refractivity contribution >= 4 is 42.3 Å². The molecule has 10 nitrogen and oxygen atoms in total. The number of rotatable bonds is 9. The Morgan fingerprint density at radius 1 is 1.14 bits per heavy atom. The molecule has 0 atom stereocenters. The lowest BCUT2D eigenvalue weighted by Gasteiger charge is -2.22. The smallest absolute Gasteiger partial charge is 0.406 e. The number of sulfonamides is 1. The average Bonchev–Trinajstić information content (AvgIpc) is 3.59. The summed E-state index contributed by atoms with van der Waals surface area (Å²) in [4.78, 5) is -0.0868. The summed E-state index contributed by atoms with van der Waals surface area (Å²) in [6.07, 6.45) is -1.64. The number of hydrogen-bond acceptors (Lipinski definition) is 8. The molecule has 2 aromatic carbocycles. The third kappa shape index (κ3) is 7.48. The summed E-state index contributed by atoms with van der Waals surface area (Å²) in [6.45, 7) is -1.19. The van der Waals surface area contributed by atoms with E-state index in [0.717, 1.165) is 10.1 Å². The molecule has 44 heavy (non-hydrogen) atoms. The Morgan fingerprint density at radius 3 is 2.59 bits per heavy atom. The second kappa shape index (κ2) is 12.4. The molecule has 5 rings (SSSR count). The molecule has 2 N–H and O–H groups in total. The number of nitrogens with zero attached hydrogens (tertiary/aromatic N) is 2. The Morgan fingerprint density at radius 2 is 1.91 bits per heavy atom. The first-order valence-corrected chi connectivity index (χ1v) is 16.9. The second-order valence-corrected chi connectivity index (χ2v) is 14.4. The summed E-state index contributed by atoms with van der Waals surface area (Å²) >= 11 is 0. The van der Waals surface area contributed by atoms with Crippen LogP contribution in [0, 0.1) is 17.8 Å². The molecule has 1 aliphatic heterocycles. The molecule has 4 aromatic rings. The number of benzene rings is 2. The minimum Gasteiger partial charge on any atom is -0.495 e. The lowest BCUT2D eigenvalue weighted by Crippen LogP contribution is -2.24. The summed E-state index contributed by atoms with van der Waals surface area (Å²) in [5.74, 6) is 6.29. The highest BCUT2D eigenvalue weighted by molar-refractivity contribution is 7.92. The van der Waals surface area contributed by atoms with Gasteiger partial charge >= 0.3 is 6.18 Å². The van der Waals surface area contributed by atoms with Crippen LogP contribution in [0.1, 0.15) is 24.1 Å². The van der Waals surface area contributed by atoms with Crippen molar-refractivity contribution in [3.05, 3.63) is 66.1 Å². The topological polar surface area (TPSA) is 133 Å². The molecular formula is C29H29F3N4O6S2. The normalized spacial score (nSPS) is 15.5. The van der Waals surface area contributed by atoms with Gasteiger partial charge in [-0.1, -0.05) is 23.2 Å². The van der Waals surface area contributed by atoms with E-state index in [4.69, 9.17) is 4.74 Å². The van der Waals surface area contributed by atoms with Gasteiger partial charge in [-0.3, -0.25) is 4.72 Å². The fourth-order valence-corrected chi connectivity index (χ4v) is 7.75. The highest BCUT2D eigenvalue weighted by Gasteiger charge is 2.30. The highest BCUT2D eigenvalue weighted by atomic mass is 32.2. The summed E-state index contributed by atoms with van der Waals surface area (Å²) in [5.41, 5.74) is 1.87. The van der Waals surface area contributed by atoms with Crippen LogP contribution in [-0.2, 0) is 32.8 Å². The number of ether oxygens (including phenoxy) is 1. The van der Waals surface area contributed by atoms with E-state index in [1.54, 1.807) is 18.2 Å². The number of halogens is 3. The van der Waals surface area contributed by atoms with Gasteiger partial charge in [-0.05, 0) is 60.9 Å². The number of fused-ring (bicyclic) bond motifs is 1. The van der Waals surface area contributed by atoms with Crippen LogP contribution in [0.5, 0.6) is 5.75 Å². The van der Waals surface area contributed by atoms with Crippen LogP contribution in [-0.4, -0.2) is 57.9 Å². The van der Waals surface area contributed by atoms with Crippen molar-refractivity contribution in [1.29, 1.82) is 0 Å². The van der Waals surface area contributed by atoms with E-state index in [-0.39, 0.29) is 46.1 Å². The maximum Gasteiger partial charge on any atom is 0.406 e. The lowest BCUT2D eigenvalue weighted by atomic mass is 9.92. The average molecular weight is 651 g/mol. The van der Waals surface area contributed by atoms with Crippen molar-refractivity contribution in [3.8, 4) is 17.6 Å². The zero-order valence-corrected chi connectivity index (χ0v) is 25.2. The summed E-state index contributed by atoms with van der Waals surface area (Å²) in [5, 5.41) is 7.19. The van der Waals surface area contributed by atoms with Crippen molar-refractivity contribution in [1.82, 2.24) is 9.72 Å². The third-order valence-electron chi connectivity index (χ3n) is 7.30. The Hall–Kier alpha value is -4.16. The molecule has 0 amide bonds. The van der Waals surface area contributed by atoms with E-state index in [9.17, 15) is 30.0 Å². The Bertz CT molecular complexity index is 1910. The minimum absolute atomic E-state index is 0.0148. The fourth-order valence-electron chi connectivity index (χ4n) is 5.15. The number of alkyl halides is 3. The molecule has 3 heterocycles. The molecule has 0 bridgehead atoms. The molecule has 0 spiro atoms. The van der Waals surface area contributed by atoms with Gasteiger partial charge in [0.1, 0.15) is 28.4 Å². The van der Waals surface area contributed by atoms with Crippen LogP contribution in [0.25, 0.3) is 10.9 Å². The largest absolute Gasteiger partial charge is 0.495 e. The molecule has 1 aliphatic rings. The van der Waals surface area contributed by atoms with Gasteiger partial charge in [0.2, 0.25) is 0 Å². The van der Waals surface area contributed by atoms with Gasteiger partial charge in [-0.25, -0.2) is 16.8 Å². The molecule has 234 valence electrons. The van der Waals surface area contributed by atoms with Crippen LogP contribution in [0.15, 0.2) is 64.2 Å². The van der Waals surface area contributed by atoms with Crippen LogP contribution in [0.4, 0.5) is 24.7 Å². The zero-order chi connectivity index (χ0) is 31.5. The van der Waals surface area contributed by atoms with Gasteiger partial charge in [0.05, 0.1) is 41.4 Å². The number of anilines is 2. The van der Waals surface area contributed by atoms with Crippen molar-refractivity contribution in [3.63, 3.8) is 0 Å². The van der Waals surface area contributed by atoms with Gasteiger partial charge in [0, 0.05) is 23.0 Å². The summed E-state index contributed by atoms with van der Waals surface area (Å²) < 4.78 is 103. The Kier molecular flexibility index (Phi) is 8.85. The number of nitrogens with one attached hydrogen (secondary N) is 2. The van der Waals surface area contributed by atoms with Crippen LogP contribution >= 0.6 is 0 Å². The minimum atomic E-state index is -4.48. The van der Waals surface area contributed by atoms with Crippen LogP contribution in [0.3, 0.4) is 0 Å². The van der Waals surface area contributed by atoms with E-state index in [1.807, 2.05) is 6.07 Å².